The van der Waals surface area contributed by atoms with Gasteiger partial charge in [0.1, 0.15) is 0 Å². The maximum absolute atomic E-state index is 12.5. The summed E-state index contributed by atoms with van der Waals surface area (Å²) in [6.45, 7) is 3.44. The van der Waals surface area contributed by atoms with Crippen molar-refractivity contribution in [3.8, 4) is 0 Å². The predicted octanol–water partition coefficient (Wildman–Crippen LogP) is 3.51. The number of hydrogen-bond acceptors (Lipinski definition) is 3. The van der Waals surface area contributed by atoms with Gasteiger partial charge in [-0.15, -0.1) is 0 Å². The van der Waals surface area contributed by atoms with Gasteiger partial charge in [0.2, 0.25) is 0 Å². The van der Waals surface area contributed by atoms with E-state index in [1.807, 2.05) is 4.90 Å². The Bertz CT molecular complexity index is 482. The second-order valence-corrected chi connectivity index (χ2v) is 6.33. The highest BCUT2D eigenvalue weighted by Crippen LogP contribution is 2.23. The molecule has 1 aliphatic rings. The number of amides is 1. The smallest absolute Gasteiger partial charge is 0.253 e. The van der Waals surface area contributed by atoms with Crippen LogP contribution in [0.25, 0.3) is 0 Å². The van der Waals surface area contributed by atoms with E-state index < -0.39 is 0 Å². The number of carbonyl (C=O) groups excluding carboxylic acids is 1. The fraction of sp³-hybridized carbons (Fsp3) is 0.562. The van der Waals surface area contributed by atoms with Crippen LogP contribution in [0.15, 0.2) is 18.2 Å². The molecule has 6 heteroatoms. The molecule has 122 valence electrons. The Balaban J connectivity index is 1.82. The van der Waals surface area contributed by atoms with Crippen molar-refractivity contribution >= 4 is 29.1 Å². The summed E-state index contributed by atoms with van der Waals surface area (Å²) in [5.74, 6) is 0.493. The van der Waals surface area contributed by atoms with E-state index in [9.17, 15) is 4.79 Å². The Kier molecular flexibility index (Phi) is 6.96. The maximum atomic E-state index is 12.5. The highest BCUT2D eigenvalue weighted by Gasteiger charge is 2.24. The lowest BCUT2D eigenvalue weighted by molar-refractivity contribution is 0.0327. The lowest BCUT2D eigenvalue weighted by Crippen LogP contribution is -2.39. The van der Waals surface area contributed by atoms with Gasteiger partial charge in [-0.25, -0.2) is 0 Å². The molecule has 1 heterocycles. The van der Waals surface area contributed by atoms with Gasteiger partial charge < -0.3 is 14.4 Å². The van der Waals surface area contributed by atoms with Gasteiger partial charge in [0.15, 0.2) is 0 Å². The third-order valence-electron chi connectivity index (χ3n) is 3.80. The molecule has 22 heavy (non-hydrogen) atoms. The zero-order valence-electron chi connectivity index (χ0n) is 12.7. The molecule has 1 saturated heterocycles. The van der Waals surface area contributed by atoms with Crippen molar-refractivity contribution in [2.45, 2.75) is 12.8 Å². The SMILES string of the molecule is COCCOCC1CCN(C(=O)c2cc(Cl)cc(Cl)c2)CC1. The highest BCUT2D eigenvalue weighted by molar-refractivity contribution is 6.35. The molecule has 2 rings (SSSR count). The molecule has 1 aromatic carbocycles. The molecule has 0 N–H and O–H groups in total. The minimum atomic E-state index is -0.0110. The van der Waals surface area contributed by atoms with Gasteiger partial charge >= 0.3 is 0 Å². The average molecular weight is 346 g/mol. The van der Waals surface area contributed by atoms with Crippen LogP contribution in [0.3, 0.4) is 0 Å². The number of benzene rings is 1. The van der Waals surface area contributed by atoms with E-state index in [2.05, 4.69) is 0 Å². The quantitative estimate of drug-likeness (QED) is 0.740. The van der Waals surface area contributed by atoms with E-state index in [1.54, 1.807) is 25.3 Å². The van der Waals surface area contributed by atoms with E-state index in [4.69, 9.17) is 32.7 Å². The number of likely N-dealkylation sites (tertiary alicyclic amines) is 1. The summed E-state index contributed by atoms with van der Waals surface area (Å²) in [7, 11) is 1.66. The zero-order chi connectivity index (χ0) is 15.9. The van der Waals surface area contributed by atoms with Crippen molar-refractivity contribution in [2.24, 2.45) is 5.92 Å². The molecule has 0 unspecified atom stereocenters. The molecule has 0 bridgehead atoms. The van der Waals surface area contributed by atoms with Gasteiger partial charge in [0, 0.05) is 42.4 Å². The molecule has 0 radical (unpaired) electrons. The molecular weight excluding hydrogens is 325 g/mol. The standard InChI is InChI=1S/C16H21Cl2NO3/c1-21-6-7-22-11-12-2-4-19(5-3-12)16(20)13-8-14(17)10-15(18)9-13/h8-10,12H,2-7,11H2,1H3. The van der Waals surface area contributed by atoms with E-state index >= 15 is 0 Å². The molecule has 1 aromatic rings. The fourth-order valence-electron chi connectivity index (χ4n) is 2.55. The van der Waals surface area contributed by atoms with Crippen LogP contribution < -0.4 is 0 Å². The van der Waals surface area contributed by atoms with Crippen molar-refractivity contribution in [3.63, 3.8) is 0 Å². The Labute approximate surface area is 141 Å². The average Bonchev–Trinajstić information content (AvgIpc) is 2.50. The third kappa shape index (κ3) is 5.13. The molecule has 4 nitrogen and oxygen atoms in total. The minimum Gasteiger partial charge on any atom is -0.382 e. The largest absolute Gasteiger partial charge is 0.382 e. The van der Waals surface area contributed by atoms with Crippen molar-refractivity contribution < 1.29 is 14.3 Å². The molecule has 0 spiro atoms. The van der Waals surface area contributed by atoms with E-state index in [0.29, 0.717) is 34.7 Å². The van der Waals surface area contributed by atoms with Crippen molar-refractivity contribution in [2.75, 3.05) is 40.0 Å². The second-order valence-electron chi connectivity index (χ2n) is 5.46. The topological polar surface area (TPSA) is 38.8 Å². The first-order chi connectivity index (χ1) is 10.6. The molecule has 0 aliphatic carbocycles. The van der Waals surface area contributed by atoms with Crippen LogP contribution in [0, 0.1) is 5.92 Å². The molecule has 1 aliphatic heterocycles. The number of halogens is 2. The van der Waals surface area contributed by atoms with Gasteiger partial charge in [0.25, 0.3) is 5.91 Å². The number of piperidine rings is 1. The predicted molar refractivity (Wildman–Crippen MR) is 87.8 cm³/mol. The summed E-state index contributed by atoms with van der Waals surface area (Å²) in [4.78, 5) is 14.3. The second kappa shape index (κ2) is 8.73. The Morgan fingerprint density at radius 1 is 1.18 bits per heavy atom. The number of rotatable bonds is 6. The molecule has 0 atom stereocenters. The highest BCUT2D eigenvalue weighted by atomic mass is 35.5. The van der Waals surface area contributed by atoms with E-state index in [-0.39, 0.29) is 5.91 Å². The molecule has 1 amide bonds. The Morgan fingerprint density at radius 3 is 2.41 bits per heavy atom. The summed E-state index contributed by atoms with van der Waals surface area (Å²) >= 11 is 11.9. The number of carbonyl (C=O) groups is 1. The van der Waals surface area contributed by atoms with Crippen LogP contribution in [0.1, 0.15) is 23.2 Å². The molecule has 0 saturated carbocycles. The Morgan fingerprint density at radius 2 is 1.82 bits per heavy atom. The third-order valence-corrected chi connectivity index (χ3v) is 4.23. The van der Waals surface area contributed by atoms with Crippen molar-refractivity contribution in [1.29, 1.82) is 0 Å². The number of ether oxygens (including phenoxy) is 2. The fourth-order valence-corrected chi connectivity index (χ4v) is 3.08. The lowest BCUT2D eigenvalue weighted by atomic mass is 9.97. The van der Waals surface area contributed by atoms with Crippen LogP contribution in [-0.2, 0) is 9.47 Å². The van der Waals surface area contributed by atoms with Crippen LogP contribution in [0.5, 0.6) is 0 Å². The number of methoxy groups -OCH3 is 1. The van der Waals surface area contributed by atoms with Crippen LogP contribution in [0.4, 0.5) is 0 Å². The summed E-state index contributed by atoms with van der Waals surface area (Å²) in [6.07, 6.45) is 1.90. The minimum absolute atomic E-state index is 0.0110. The van der Waals surface area contributed by atoms with Gasteiger partial charge in [-0.1, -0.05) is 23.2 Å². The van der Waals surface area contributed by atoms with Crippen molar-refractivity contribution in [1.82, 2.24) is 4.90 Å². The monoisotopic (exact) mass is 345 g/mol. The summed E-state index contributed by atoms with van der Waals surface area (Å²) < 4.78 is 10.5. The van der Waals surface area contributed by atoms with Crippen LogP contribution in [-0.4, -0.2) is 50.8 Å². The number of hydrogen-bond donors (Lipinski definition) is 0. The molecule has 1 fully saturated rings. The summed E-state index contributed by atoms with van der Waals surface area (Å²) in [5.41, 5.74) is 0.548. The van der Waals surface area contributed by atoms with Crippen LogP contribution >= 0.6 is 23.2 Å². The first kappa shape index (κ1) is 17.5. The summed E-state index contributed by atoms with van der Waals surface area (Å²) in [5, 5.41) is 0.967. The van der Waals surface area contributed by atoms with Crippen LogP contribution in [0.2, 0.25) is 10.0 Å². The van der Waals surface area contributed by atoms with Crippen molar-refractivity contribution in [3.05, 3.63) is 33.8 Å². The van der Waals surface area contributed by atoms with E-state index in [0.717, 1.165) is 32.5 Å². The van der Waals surface area contributed by atoms with Gasteiger partial charge in [-0.2, -0.15) is 0 Å². The number of nitrogens with zero attached hydrogens (tertiary/aromatic N) is 1. The van der Waals surface area contributed by atoms with Gasteiger partial charge in [-0.05, 0) is 37.0 Å². The van der Waals surface area contributed by atoms with Gasteiger partial charge in [0.05, 0.1) is 13.2 Å². The first-order valence-corrected chi connectivity index (χ1v) is 8.18. The molecular formula is C16H21Cl2NO3. The maximum Gasteiger partial charge on any atom is 0.253 e. The Hall–Kier alpha value is -0.810. The van der Waals surface area contributed by atoms with Gasteiger partial charge in [-0.3, -0.25) is 4.79 Å². The lowest BCUT2D eigenvalue weighted by Gasteiger charge is -2.32. The zero-order valence-corrected chi connectivity index (χ0v) is 14.2. The molecule has 0 aromatic heterocycles. The normalized spacial score (nSPS) is 16.0. The summed E-state index contributed by atoms with van der Waals surface area (Å²) in [6, 6.07) is 4.95. The van der Waals surface area contributed by atoms with E-state index in [1.165, 1.54) is 0 Å². The first-order valence-electron chi connectivity index (χ1n) is 7.42.